The van der Waals surface area contributed by atoms with Gasteiger partial charge < -0.3 is 10.8 Å². The number of carboxylic acids is 1. The van der Waals surface area contributed by atoms with Crippen LogP contribution < -0.4 is 16.4 Å². The first-order chi connectivity index (χ1) is 7.58. The molecule has 2 aliphatic rings. The normalized spacial score (nSPS) is 38.8. The van der Waals surface area contributed by atoms with Crippen molar-refractivity contribution in [2.24, 2.45) is 5.73 Å². The van der Waals surface area contributed by atoms with E-state index in [-0.39, 0.29) is 22.7 Å². The van der Waals surface area contributed by atoms with Crippen LogP contribution in [0, 0.1) is 0 Å². The average Bonchev–Trinajstić information content (AvgIpc) is 2.86. The Balaban J connectivity index is 1.87. The summed E-state index contributed by atoms with van der Waals surface area (Å²) in [5.41, 5.74) is 5.20. The summed E-state index contributed by atoms with van der Waals surface area (Å²) in [5.74, 6) is 0.0217. The van der Waals surface area contributed by atoms with Crippen LogP contribution in [0.1, 0.15) is 0 Å². The fourth-order valence-electron chi connectivity index (χ4n) is 1.65. The fraction of sp³-hybridized carbons (Fsp3) is 0.750. The topological polar surface area (TPSA) is 104 Å². The van der Waals surface area contributed by atoms with Gasteiger partial charge >= 0.3 is 5.97 Å². The van der Waals surface area contributed by atoms with E-state index in [4.69, 9.17) is 10.8 Å². The van der Waals surface area contributed by atoms with Gasteiger partial charge in [0.05, 0.1) is 16.8 Å². The van der Waals surface area contributed by atoms with Gasteiger partial charge in [0.25, 0.3) is 0 Å². The monoisotopic (exact) mass is 263 g/mol. The van der Waals surface area contributed by atoms with Gasteiger partial charge in [0.15, 0.2) is 0 Å². The molecule has 6 nitrogen and oxygen atoms in total. The zero-order chi connectivity index (χ0) is 11.7. The molecular weight excluding hydrogens is 250 g/mol. The van der Waals surface area contributed by atoms with E-state index in [1.54, 1.807) is 23.5 Å². The highest BCUT2D eigenvalue weighted by molar-refractivity contribution is 8.04. The second-order valence-corrected chi connectivity index (χ2v) is 6.04. The van der Waals surface area contributed by atoms with E-state index in [1.165, 1.54) is 0 Å². The van der Waals surface area contributed by atoms with Crippen LogP contribution in [0.5, 0.6) is 0 Å². The van der Waals surface area contributed by atoms with Crippen molar-refractivity contribution in [3.05, 3.63) is 0 Å². The van der Waals surface area contributed by atoms with Gasteiger partial charge in [0.1, 0.15) is 6.04 Å². The molecule has 0 aromatic carbocycles. The van der Waals surface area contributed by atoms with Crippen molar-refractivity contribution in [3.63, 3.8) is 0 Å². The second kappa shape index (κ2) is 4.82. The zero-order valence-electron chi connectivity index (χ0n) is 8.38. The lowest BCUT2D eigenvalue weighted by atomic mass is 10.3. The molecule has 2 aliphatic heterocycles. The number of amides is 1. The van der Waals surface area contributed by atoms with Crippen LogP contribution >= 0.6 is 23.5 Å². The van der Waals surface area contributed by atoms with Crippen molar-refractivity contribution in [2.45, 2.75) is 22.8 Å². The second-order valence-electron chi connectivity index (χ2n) is 3.69. The molecule has 2 fully saturated rings. The van der Waals surface area contributed by atoms with Crippen LogP contribution in [0.25, 0.3) is 0 Å². The summed E-state index contributed by atoms with van der Waals surface area (Å²) in [6.45, 7) is 0. The number of carbonyl (C=O) groups is 2. The number of primary amides is 1. The number of hydrogen-bond donors (Lipinski definition) is 4. The van der Waals surface area contributed by atoms with E-state index in [2.05, 4.69) is 10.6 Å². The predicted octanol–water partition coefficient (Wildman–Crippen LogP) is -1.38. The van der Waals surface area contributed by atoms with E-state index in [1.807, 2.05) is 0 Å². The number of nitrogens with two attached hydrogens (primary N) is 1. The maximum Gasteiger partial charge on any atom is 0.321 e. The van der Waals surface area contributed by atoms with Crippen LogP contribution in [0.2, 0.25) is 0 Å². The van der Waals surface area contributed by atoms with E-state index in [0.29, 0.717) is 11.5 Å². The molecule has 0 aromatic heterocycles. The third kappa shape index (κ3) is 2.45. The molecule has 2 saturated heterocycles. The van der Waals surface area contributed by atoms with Gasteiger partial charge in [-0.25, -0.2) is 0 Å². The molecule has 90 valence electrons. The highest BCUT2D eigenvalue weighted by atomic mass is 32.2. The number of nitrogens with one attached hydrogen (secondary N) is 2. The SMILES string of the molecule is NC(=O)C1CSC(C2NC(C(=O)O)CS2)N1. The Morgan fingerprint density at radius 3 is 2.00 bits per heavy atom. The van der Waals surface area contributed by atoms with Crippen molar-refractivity contribution in [1.29, 1.82) is 0 Å². The highest BCUT2D eigenvalue weighted by Crippen LogP contribution is 2.31. The predicted molar refractivity (Wildman–Crippen MR) is 63.2 cm³/mol. The molecule has 2 rings (SSSR count). The number of rotatable bonds is 3. The number of carbonyl (C=O) groups excluding carboxylic acids is 1. The van der Waals surface area contributed by atoms with Gasteiger partial charge in [-0.1, -0.05) is 0 Å². The standard InChI is InChI=1S/C8H13N3O3S2/c9-5(12)3-1-15-6(10-3)7-11-4(2-16-7)8(13)14/h3-4,6-7,10-11H,1-2H2,(H2,9,12)(H,13,14). The van der Waals surface area contributed by atoms with Crippen molar-refractivity contribution >= 4 is 35.4 Å². The number of carboxylic acid groups (broad SMARTS) is 1. The first-order valence-corrected chi connectivity index (χ1v) is 6.95. The Labute approximate surface area is 101 Å². The van der Waals surface area contributed by atoms with Crippen LogP contribution in [-0.2, 0) is 9.59 Å². The number of thioether (sulfide) groups is 2. The summed E-state index contributed by atoms with van der Waals surface area (Å²) in [7, 11) is 0. The Kier molecular flexibility index (Phi) is 3.63. The fourth-order valence-corrected chi connectivity index (χ4v) is 4.44. The maximum atomic E-state index is 11.0. The molecule has 8 heteroatoms. The molecule has 5 N–H and O–H groups in total. The third-order valence-corrected chi connectivity index (χ3v) is 5.29. The molecule has 0 saturated carbocycles. The summed E-state index contributed by atoms with van der Waals surface area (Å²) in [4.78, 5) is 21.7. The van der Waals surface area contributed by atoms with Crippen LogP contribution in [0.3, 0.4) is 0 Å². The van der Waals surface area contributed by atoms with Crippen LogP contribution in [0.15, 0.2) is 0 Å². The summed E-state index contributed by atoms with van der Waals surface area (Å²) in [5, 5.41) is 15.0. The van der Waals surface area contributed by atoms with E-state index >= 15 is 0 Å². The van der Waals surface area contributed by atoms with Gasteiger partial charge in [-0.15, -0.1) is 23.5 Å². The van der Waals surface area contributed by atoms with Crippen molar-refractivity contribution < 1.29 is 14.7 Å². The van der Waals surface area contributed by atoms with E-state index in [9.17, 15) is 9.59 Å². The van der Waals surface area contributed by atoms with E-state index in [0.717, 1.165) is 0 Å². The average molecular weight is 263 g/mol. The number of hydrogen-bond acceptors (Lipinski definition) is 6. The van der Waals surface area contributed by atoms with Gasteiger partial charge in [0, 0.05) is 11.5 Å². The maximum absolute atomic E-state index is 11.0. The van der Waals surface area contributed by atoms with Gasteiger partial charge in [-0.05, 0) is 0 Å². The first kappa shape index (κ1) is 12.0. The van der Waals surface area contributed by atoms with Gasteiger partial charge in [-0.3, -0.25) is 20.2 Å². The molecule has 0 aliphatic carbocycles. The Bertz CT molecular complexity index is 285. The minimum atomic E-state index is -0.829. The van der Waals surface area contributed by atoms with Gasteiger partial charge in [-0.2, -0.15) is 0 Å². The Hall–Kier alpha value is -0.440. The Morgan fingerprint density at radius 1 is 1.12 bits per heavy atom. The van der Waals surface area contributed by atoms with Crippen molar-refractivity contribution in [3.8, 4) is 0 Å². The molecule has 2 heterocycles. The molecule has 16 heavy (non-hydrogen) atoms. The van der Waals surface area contributed by atoms with Crippen molar-refractivity contribution in [1.82, 2.24) is 10.6 Å². The Morgan fingerprint density at radius 2 is 1.62 bits per heavy atom. The first-order valence-electron chi connectivity index (χ1n) is 4.85. The van der Waals surface area contributed by atoms with Crippen molar-refractivity contribution in [2.75, 3.05) is 11.5 Å². The van der Waals surface area contributed by atoms with Gasteiger partial charge in [0.2, 0.25) is 5.91 Å². The summed E-state index contributed by atoms with van der Waals surface area (Å²) in [6, 6.07) is -0.800. The molecule has 1 amide bonds. The minimum absolute atomic E-state index is 0.0236. The molecule has 4 unspecified atom stereocenters. The molecule has 0 aromatic rings. The van der Waals surface area contributed by atoms with Crippen LogP contribution in [-0.4, -0.2) is 51.3 Å². The number of aliphatic carboxylic acids is 1. The van der Waals surface area contributed by atoms with Crippen LogP contribution in [0.4, 0.5) is 0 Å². The smallest absolute Gasteiger partial charge is 0.321 e. The summed E-state index contributed by atoms with van der Waals surface area (Å²) in [6.07, 6.45) is 0. The molecule has 0 spiro atoms. The highest BCUT2D eigenvalue weighted by Gasteiger charge is 2.39. The largest absolute Gasteiger partial charge is 0.480 e. The lowest BCUT2D eigenvalue weighted by molar-refractivity contribution is -0.138. The lowest BCUT2D eigenvalue weighted by Crippen LogP contribution is -2.48. The minimum Gasteiger partial charge on any atom is -0.480 e. The summed E-state index contributed by atoms with van der Waals surface area (Å²) >= 11 is 3.16. The quantitative estimate of drug-likeness (QED) is 0.497. The molecular formula is C8H13N3O3S2. The zero-order valence-corrected chi connectivity index (χ0v) is 10.0. The summed E-state index contributed by atoms with van der Waals surface area (Å²) < 4.78 is 0. The lowest BCUT2D eigenvalue weighted by Gasteiger charge is -2.18. The molecule has 0 radical (unpaired) electrons. The van der Waals surface area contributed by atoms with E-state index < -0.39 is 12.0 Å². The molecule has 0 bridgehead atoms. The molecule has 4 atom stereocenters. The third-order valence-electron chi connectivity index (χ3n) is 2.53.